The normalized spacial score (nSPS) is 10.8. The third-order valence-corrected chi connectivity index (χ3v) is 3.33. The Hall–Kier alpha value is -3.02. The van der Waals surface area contributed by atoms with E-state index >= 15 is 0 Å². The first-order valence-electron chi connectivity index (χ1n) is 6.74. The van der Waals surface area contributed by atoms with Crippen molar-refractivity contribution in [2.24, 2.45) is 0 Å². The number of aromatic carboxylic acids is 1. The van der Waals surface area contributed by atoms with Crippen molar-refractivity contribution >= 4 is 17.2 Å². The van der Waals surface area contributed by atoms with Crippen molar-refractivity contribution in [2.45, 2.75) is 13.5 Å². The van der Waals surface area contributed by atoms with Crippen LogP contribution in [0.4, 0.5) is 5.69 Å². The van der Waals surface area contributed by atoms with Crippen LogP contribution in [0.5, 0.6) is 5.75 Å². The highest BCUT2D eigenvalue weighted by atomic mass is 16.5. The second-order valence-corrected chi connectivity index (χ2v) is 4.97. The Morgan fingerprint density at radius 2 is 2.18 bits per heavy atom. The van der Waals surface area contributed by atoms with Crippen molar-refractivity contribution in [1.29, 1.82) is 0 Å². The molecule has 0 spiro atoms. The van der Waals surface area contributed by atoms with Crippen LogP contribution < -0.4 is 10.5 Å². The molecule has 0 unspecified atom stereocenters. The van der Waals surface area contributed by atoms with Crippen LogP contribution in [0.2, 0.25) is 0 Å². The maximum Gasteiger partial charge on any atom is 0.356 e. The summed E-state index contributed by atoms with van der Waals surface area (Å²) in [4.78, 5) is 15.5. The predicted octanol–water partition coefficient (Wildman–Crippen LogP) is 2.50. The summed E-state index contributed by atoms with van der Waals surface area (Å²) in [5.74, 6) is 0.0796. The number of rotatable bonds is 4. The van der Waals surface area contributed by atoms with Gasteiger partial charge in [-0.25, -0.2) is 9.78 Å². The van der Waals surface area contributed by atoms with Gasteiger partial charge < -0.3 is 15.6 Å². The highest BCUT2D eigenvalue weighted by Crippen LogP contribution is 2.21. The number of imidazole rings is 1. The van der Waals surface area contributed by atoms with Crippen LogP contribution in [0.15, 0.2) is 42.6 Å². The zero-order valence-electron chi connectivity index (χ0n) is 12.0. The van der Waals surface area contributed by atoms with Gasteiger partial charge in [0.05, 0.1) is 5.69 Å². The van der Waals surface area contributed by atoms with E-state index in [1.165, 1.54) is 0 Å². The van der Waals surface area contributed by atoms with E-state index < -0.39 is 5.97 Å². The molecule has 0 saturated heterocycles. The van der Waals surface area contributed by atoms with E-state index in [1.807, 2.05) is 31.2 Å². The van der Waals surface area contributed by atoms with Crippen molar-refractivity contribution in [2.75, 3.05) is 5.73 Å². The molecule has 0 amide bonds. The van der Waals surface area contributed by atoms with Gasteiger partial charge in [0.15, 0.2) is 11.5 Å². The largest absolute Gasteiger partial charge is 0.486 e. The zero-order chi connectivity index (χ0) is 15.7. The number of hydrogen-bond donors (Lipinski definition) is 2. The lowest BCUT2D eigenvalue weighted by atomic mass is 10.2. The third kappa shape index (κ3) is 2.46. The molecule has 0 aliphatic rings. The summed E-state index contributed by atoms with van der Waals surface area (Å²) in [6.07, 6.45) is 1.72. The van der Waals surface area contributed by atoms with E-state index in [0.717, 1.165) is 5.56 Å². The van der Waals surface area contributed by atoms with Crippen molar-refractivity contribution in [3.63, 3.8) is 0 Å². The number of nitrogens with two attached hydrogens (primary N) is 1. The first-order valence-corrected chi connectivity index (χ1v) is 6.74. The number of aromatic nitrogens is 2. The molecule has 0 aliphatic heterocycles. The van der Waals surface area contributed by atoms with E-state index in [2.05, 4.69) is 4.98 Å². The van der Waals surface area contributed by atoms with Gasteiger partial charge in [-0.3, -0.25) is 4.40 Å². The summed E-state index contributed by atoms with van der Waals surface area (Å²) >= 11 is 0. The Morgan fingerprint density at radius 1 is 1.36 bits per heavy atom. The van der Waals surface area contributed by atoms with Gasteiger partial charge in [-0.05, 0) is 36.8 Å². The van der Waals surface area contributed by atoms with Gasteiger partial charge in [0.1, 0.15) is 17.9 Å². The molecule has 1 aromatic carbocycles. The summed E-state index contributed by atoms with van der Waals surface area (Å²) in [6.45, 7) is 2.13. The quantitative estimate of drug-likeness (QED) is 0.772. The lowest BCUT2D eigenvalue weighted by molar-refractivity contribution is 0.0693. The molecule has 2 aromatic heterocycles. The van der Waals surface area contributed by atoms with Gasteiger partial charge in [0.25, 0.3) is 0 Å². The minimum atomic E-state index is -1.11. The Bertz CT molecular complexity index is 855. The van der Waals surface area contributed by atoms with Gasteiger partial charge in [0, 0.05) is 6.20 Å². The fourth-order valence-corrected chi connectivity index (χ4v) is 2.33. The number of fused-ring (bicyclic) bond motifs is 1. The molecule has 0 fully saturated rings. The number of carbonyl (C=O) groups is 1. The highest BCUT2D eigenvalue weighted by Gasteiger charge is 2.18. The molecule has 6 nitrogen and oxygen atoms in total. The number of nitrogen functional groups attached to an aromatic ring is 1. The van der Waals surface area contributed by atoms with Crippen molar-refractivity contribution < 1.29 is 14.6 Å². The molecule has 0 bridgehead atoms. The van der Waals surface area contributed by atoms with Gasteiger partial charge >= 0.3 is 5.97 Å². The smallest absolute Gasteiger partial charge is 0.356 e. The molecule has 2 heterocycles. The minimum Gasteiger partial charge on any atom is -0.486 e. The molecule has 3 rings (SSSR count). The van der Waals surface area contributed by atoms with E-state index in [0.29, 0.717) is 22.8 Å². The van der Waals surface area contributed by atoms with E-state index in [-0.39, 0.29) is 12.3 Å². The Labute approximate surface area is 126 Å². The summed E-state index contributed by atoms with van der Waals surface area (Å²) in [5, 5.41) is 9.27. The third-order valence-electron chi connectivity index (χ3n) is 3.33. The number of pyridine rings is 1. The number of carboxylic acids is 1. The topological polar surface area (TPSA) is 89.8 Å². The first-order chi connectivity index (χ1) is 10.6. The second-order valence-electron chi connectivity index (χ2n) is 4.97. The van der Waals surface area contributed by atoms with Crippen LogP contribution in [0.1, 0.15) is 21.9 Å². The number of benzene rings is 1. The number of aryl methyl sites for hydroxylation is 1. The lowest BCUT2D eigenvalue weighted by Crippen LogP contribution is -2.02. The summed E-state index contributed by atoms with van der Waals surface area (Å²) < 4.78 is 7.34. The number of hydrogen-bond acceptors (Lipinski definition) is 4. The van der Waals surface area contributed by atoms with Crippen LogP contribution in [-0.2, 0) is 6.61 Å². The fraction of sp³-hybridized carbons (Fsp3) is 0.125. The molecule has 0 radical (unpaired) electrons. The Balaban J connectivity index is 1.97. The lowest BCUT2D eigenvalue weighted by Gasteiger charge is -2.06. The molecule has 22 heavy (non-hydrogen) atoms. The average molecular weight is 297 g/mol. The van der Waals surface area contributed by atoms with E-state index in [1.54, 1.807) is 22.7 Å². The molecular weight excluding hydrogens is 282 g/mol. The van der Waals surface area contributed by atoms with E-state index in [4.69, 9.17) is 10.5 Å². The molecule has 3 aromatic rings. The van der Waals surface area contributed by atoms with Crippen LogP contribution >= 0.6 is 0 Å². The van der Waals surface area contributed by atoms with Crippen molar-refractivity contribution in [1.82, 2.24) is 9.38 Å². The molecule has 6 heteroatoms. The van der Waals surface area contributed by atoms with Crippen LogP contribution in [0.25, 0.3) is 5.52 Å². The fourth-order valence-electron chi connectivity index (χ4n) is 2.33. The van der Waals surface area contributed by atoms with Crippen LogP contribution in [0.3, 0.4) is 0 Å². The first kappa shape index (κ1) is 13.9. The van der Waals surface area contributed by atoms with Gasteiger partial charge in [-0.2, -0.15) is 0 Å². The molecule has 0 aliphatic carbocycles. The molecule has 112 valence electrons. The standard InChI is InChI=1S/C16H15N3O3/c1-10-4-2-5-11(8-10)22-9-13-18-14(16(20)21)15-12(17)6-3-7-19(13)15/h2-8H,9,17H2,1H3,(H,20,21). The van der Waals surface area contributed by atoms with Gasteiger partial charge in [-0.15, -0.1) is 0 Å². The molecule has 0 atom stereocenters. The molecule has 0 saturated carbocycles. The van der Waals surface area contributed by atoms with E-state index in [9.17, 15) is 9.90 Å². The molecular formula is C16H15N3O3. The van der Waals surface area contributed by atoms with Crippen molar-refractivity contribution in [3.05, 3.63) is 59.7 Å². The SMILES string of the molecule is Cc1cccc(OCc2nc(C(=O)O)c3c(N)cccn23)c1. The van der Waals surface area contributed by atoms with Crippen molar-refractivity contribution in [3.8, 4) is 5.75 Å². The maximum absolute atomic E-state index is 11.3. The average Bonchev–Trinajstić information content (AvgIpc) is 2.86. The van der Waals surface area contributed by atoms with Crippen LogP contribution in [0, 0.1) is 6.92 Å². The summed E-state index contributed by atoms with van der Waals surface area (Å²) in [7, 11) is 0. The number of ether oxygens (including phenoxy) is 1. The van der Waals surface area contributed by atoms with Gasteiger partial charge in [-0.1, -0.05) is 12.1 Å². The second kappa shape index (κ2) is 5.40. The monoisotopic (exact) mass is 297 g/mol. The molecule has 3 N–H and O–H groups in total. The Morgan fingerprint density at radius 3 is 2.91 bits per heavy atom. The summed E-state index contributed by atoms with van der Waals surface area (Å²) in [6, 6.07) is 11.0. The highest BCUT2D eigenvalue weighted by molar-refractivity contribution is 5.97. The predicted molar refractivity (Wildman–Crippen MR) is 82.1 cm³/mol. The minimum absolute atomic E-state index is 0.0686. The van der Waals surface area contributed by atoms with Gasteiger partial charge in [0.2, 0.25) is 0 Å². The number of nitrogens with zero attached hydrogens (tertiary/aromatic N) is 2. The zero-order valence-corrected chi connectivity index (χ0v) is 12.0. The summed E-state index contributed by atoms with van der Waals surface area (Å²) in [5.41, 5.74) is 7.64. The number of anilines is 1. The maximum atomic E-state index is 11.3. The van der Waals surface area contributed by atoms with Crippen LogP contribution in [-0.4, -0.2) is 20.5 Å². The number of carboxylic acid groups (broad SMARTS) is 1. The Kier molecular flexibility index (Phi) is 3.42.